The summed E-state index contributed by atoms with van der Waals surface area (Å²) >= 11 is 0. The van der Waals surface area contributed by atoms with Crippen LogP contribution in [0.4, 0.5) is 0 Å². The average molecular weight is 261 g/mol. The van der Waals surface area contributed by atoms with Crippen molar-refractivity contribution < 1.29 is 14.3 Å². The van der Waals surface area contributed by atoms with Gasteiger partial charge in [0, 0.05) is 12.7 Å². The van der Waals surface area contributed by atoms with Gasteiger partial charge in [0.25, 0.3) is 0 Å². The van der Waals surface area contributed by atoms with Crippen LogP contribution in [0.1, 0.15) is 33.4 Å². The number of carboxylic acid groups (broad SMARTS) is 1. The van der Waals surface area contributed by atoms with Crippen LogP contribution in [-0.2, 0) is 13.1 Å². The molecule has 0 aromatic carbocycles. The van der Waals surface area contributed by atoms with Crippen molar-refractivity contribution in [2.24, 2.45) is 0 Å². The topological polar surface area (TPSA) is 88.2 Å². The monoisotopic (exact) mass is 261 g/mol. The van der Waals surface area contributed by atoms with E-state index in [1.807, 2.05) is 13.8 Å². The first-order valence-electron chi connectivity index (χ1n) is 5.88. The van der Waals surface area contributed by atoms with Crippen molar-refractivity contribution in [2.75, 3.05) is 0 Å². The van der Waals surface area contributed by atoms with Crippen LogP contribution < -0.4 is 5.32 Å². The van der Waals surface area contributed by atoms with Crippen LogP contribution in [0.25, 0.3) is 0 Å². The molecule has 0 aliphatic heterocycles. The third-order valence-corrected chi connectivity index (χ3v) is 2.76. The number of rotatable bonds is 5. The van der Waals surface area contributed by atoms with Crippen molar-refractivity contribution >= 4 is 5.97 Å². The highest BCUT2D eigenvalue weighted by atomic mass is 16.4. The number of oxazole rings is 1. The van der Waals surface area contributed by atoms with E-state index < -0.39 is 5.97 Å². The first kappa shape index (κ1) is 13.2. The number of pyridine rings is 1. The zero-order valence-electron chi connectivity index (χ0n) is 10.8. The number of hydrogen-bond acceptors (Lipinski definition) is 5. The summed E-state index contributed by atoms with van der Waals surface area (Å²) in [6, 6.07) is 3.14. The molecule has 0 radical (unpaired) electrons. The second kappa shape index (κ2) is 5.62. The Balaban J connectivity index is 1.98. The largest absolute Gasteiger partial charge is 0.478 e. The molecule has 0 saturated carbocycles. The number of aromatic carboxylic acids is 1. The van der Waals surface area contributed by atoms with Gasteiger partial charge < -0.3 is 14.8 Å². The highest BCUT2D eigenvalue weighted by Crippen LogP contribution is 2.09. The minimum absolute atomic E-state index is 0.203. The minimum atomic E-state index is -0.979. The molecule has 0 aliphatic carbocycles. The summed E-state index contributed by atoms with van der Waals surface area (Å²) in [4.78, 5) is 19.3. The number of hydrogen-bond donors (Lipinski definition) is 2. The number of nitrogens with zero attached hydrogens (tertiary/aromatic N) is 2. The standard InChI is InChI=1S/C13H15N3O3/c1-8-9(2)19-12(16-8)7-14-6-11-10(13(17)18)4-3-5-15-11/h3-5,14H,6-7H2,1-2H3,(H,17,18). The summed E-state index contributed by atoms with van der Waals surface area (Å²) in [7, 11) is 0. The van der Waals surface area contributed by atoms with E-state index in [-0.39, 0.29) is 5.56 Å². The van der Waals surface area contributed by atoms with Gasteiger partial charge in [0.1, 0.15) is 5.76 Å². The van der Waals surface area contributed by atoms with Gasteiger partial charge in [-0.15, -0.1) is 0 Å². The predicted octanol–water partition coefficient (Wildman–Crippen LogP) is 1.67. The smallest absolute Gasteiger partial charge is 0.337 e. The van der Waals surface area contributed by atoms with Gasteiger partial charge in [0.15, 0.2) is 0 Å². The Labute approximate surface area is 110 Å². The molecule has 6 nitrogen and oxygen atoms in total. The molecule has 0 aliphatic rings. The normalized spacial score (nSPS) is 10.6. The lowest BCUT2D eigenvalue weighted by atomic mass is 10.2. The van der Waals surface area contributed by atoms with E-state index in [9.17, 15) is 4.79 Å². The Hall–Kier alpha value is -2.21. The van der Waals surface area contributed by atoms with Crippen LogP contribution >= 0.6 is 0 Å². The molecule has 0 unspecified atom stereocenters. The Morgan fingerprint density at radius 2 is 2.21 bits per heavy atom. The second-order valence-electron chi connectivity index (χ2n) is 4.16. The molecule has 2 rings (SSSR count). The lowest BCUT2D eigenvalue weighted by Gasteiger charge is -2.05. The third-order valence-electron chi connectivity index (χ3n) is 2.76. The van der Waals surface area contributed by atoms with Gasteiger partial charge in [-0.2, -0.15) is 0 Å². The number of nitrogens with one attached hydrogen (secondary N) is 1. The summed E-state index contributed by atoms with van der Waals surface area (Å²) in [5, 5.41) is 12.1. The molecule has 6 heteroatoms. The van der Waals surface area contributed by atoms with Crippen LogP contribution in [0, 0.1) is 13.8 Å². The quantitative estimate of drug-likeness (QED) is 0.851. The predicted molar refractivity (Wildman–Crippen MR) is 67.7 cm³/mol. The van der Waals surface area contributed by atoms with Gasteiger partial charge >= 0.3 is 5.97 Å². The van der Waals surface area contributed by atoms with E-state index in [2.05, 4.69) is 15.3 Å². The molecule has 0 bridgehead atoms. The summed E-state index contributed by atoms with van der Waals surface area (Å²) in [6.07, 6.45) is 1.57. The van der Waals surface area contributed by atoms with Crippen LogP contribution in [-0.4, -0.2) is 21.0 Å². The van der Waals surface area contributed by atoms with Crippen molar-refractivity contribution in [3.8, 4) is 0 Å². The Morgan fingerprint density at radius 3 is 2.84 bits per heavy atom. The van der Waals surface area contributed by atoms with E-state index >= 15 is 0 Å². The molecule has 0 spiro atoms. The molecular weight excluding hydrogens is 246 g/mol. The lowest BCUT2D eigenvalue weighted by molar-refractivity contribution is 0.0695. The molecule has 2 N–H and O–H groups in total. The van der Waals surface area contributed by atoms with Crippen LogP contribution in [0.15, 0.2) is 22.7 Å². The van der Waals surface area contributed by atoms with Gasteiger partial charge in [-0.25, -0.2) is 9.78 Å². The van der Waals surface area contributed by atoms with Gasteiger partial charge in [-0.1, -0.05) is 0 Å². The summed E-state index contributed by atoms with van der Waals surface area (Å²) in [5.74, 6) is 0.399. The molecule has 0 amide bonds. The minimum Gasteiger partial charge on any atom is -0.478 e. The van der Waals surface area contributed by atoms with Crippen molar-refractivity contribution in [1.82, 2.24) is 15.3 Å². The highest BCUT2D eigenvalue weighted by Gasteiger charge is 2.10. The first-order valence-corrected chi connectivity index (χ1v) is 5.88. The number of carbonyl (C=O) groups is 1. The Morgan fingerprint density at radius 1 is 1.42 bits per heavy atom. The van der Waals surface area contributed by atoms with E-state index in [0.29, 0.717) is 24.7 Å². The second-order valence-corrected chi connectivity index (χ2v) is 4.16. The average Bonchev–Trinajstić information content (AvgIpc) is 2.69. The van der Waals surface area contributed by atoms with Crippen molar-refractivity contribution in [3.63, 3.8) is 0 Å². The summed E-state index contributed by atoms with van der Waals surface area (Å²) < 4.78 is 5.42. The van der Waals surface area contributed by atoms with Crippen molar-refractivity contribution in [2.45, 2.75) is 26.9 Å². The Bertz CT molecular complexity index is 573. The van der Waals surface area contributed by atoms with Crippen molar-refractivity contribution in [1.29, 1.82) is 0 Å². The summed E-state index contributed by atoms with van der Waals surface area (Å²) in [6.45, 7) is 4.52. The molecule has 0 fully saturated rings. The molecule has 2 aromatic rings. The van der Waals surface area contributed by atoms with Gasteiger partial charge in [0.05, 0.1) is 23.5 Å². The van der Waals surface area contributed by atoms with E-state index in [0.717, 1.165) is 11.5 Å². The van der Waals surface area contributed by atoms with E-state index in [4.69, 9.17) is 9.52 Å². The molecular formula is C13H15N3O3. The molecule has 100 valence electrons. The highest BCUT2D eigenvalue weighted by molar-refractivity contribution is 5.88. The molecule has 0 saturated heterocycles. The maximum absolute atomic E-state index is 11.0. The fourth-order valence-electron chi connectivity index (χ4n) is 1.68. The zero-order valence-corrected chi connectivity index (χ0v) is 10.8. The maximum atomic E-state index is 11.0. The molecule has 19 heavy (non-hydrogen) atoms. The van der Waals surface area contributed by atoms with Crippen LogP contribution in [0.2, 0.25) is 0 Å². The SMILES string of the molecule is Cc1nc(CNCc2ncccc2C(=O)O)oc1C. The van der Waals surface area contributed by atoms with Crippen molar-refractivity contribution in [3.05, 3.63) is 46.9 Å². The molecule has 2 heterocycles. The van der Waals surface area contributed by atoms with E-state index in [1.54, 1.807) is 12.3 Å². The first-order chi connectivity index (χ1) is 9.08. The molecule has 0 atom stereocenters. The van der Waals surface area contributed by atoms with E-state index in [1.165, 1.54) is 6.07 Å². The van der Waals surface area contributed by atoms with Crippen LogP contribution in [0.3, 0.4) is 0 Å². The number of aryl methyl sites for hydroxylation is 2. The van der Waals surface area contributed by atoms with Gasteiger partial charge in [0.2, 0.25) is 5.89 Å². The summed E-state index contributed by atoms with van der Waals surface area (Å²) in [5.41, 5.74) is 1.56. The van der Waals surface area contributed by atoms with Gasteiger partial charge in [-0.3, -0.25) is 4.98 Å². The van der Waals surface area contributed by atoms with Gasteiger partial charge in [-0.05, 0) is 26.0 Å². The third kappa shape index (κ3) is 3.17. The fourth-order valence-corrected chi connectivity index (χ4v) is 1.68. The molecule has 2 aromatic heterocycles. The lowest BCUT2D eigenvalue weighted by Crippen LogP contribution is -2.16. The fraction of sp³-hybridized carbons (Fsp3) is 0.308. The maximum Gasteiger partial charge on any atom is 0.337 e. The zero-order chi connectivity index (χ0) is 13.8. The number of aromatic nitrogens is 2. The Kier molecular flexibility index (Phi) is 3.91. The van der Waals surface area contributed by atoms with Crippen LogP contribution in [0.5, 0.6) is 0 Å². The number of carboxylic acids is 1.